The molecule has 1 aliphatic heterocycles. The Kier molecular flexibility index (Phi) is 4.06. The number of hydrogen-bond acceptors (Lipinski definition) is 5. The van der Waals surface area contributed by atoms with Gasteiger partial charge in [0.15, 0.2) is 11.5 Å². The zero-order chi connectivity index (χ0) is 13.1. The summed E-state index contributed by atoms with van der Waals surface area (Å²) in [7, 11) is 1.73. The lowest BCUT2D eigenvalue weighted by Gasteiger charge is -2.24. The molecule has 0 aliphatic carbocycles. The van der Waals surface area contributed by atoms with E-state index in [1.807, 2.05) is 13.0 Å². The summed E-state index contributed by atoms with van der Waals surface area (Å²) in [6.45, 7) is 3.25. The summed E-state index contributed by atoms with van der Waals surface area (Å²) in [6.07, 6.45) is -1.79. The van der Waals surface area contributed by atoms with Crippen molar-refractivity contribution >= 4 is 0 Å². The van der Waals surface area contributed by atoms with Crippen LogP contribution in [-0.4, -0.2) is 43.1 Å². The summed E-state index contributed by atoms with van der Waals surface area (Å²) in [6, 6.07) is 3.58. The Morgan fingerprint density at radius 1 is 1.22 bits per heavy atom. The highest BCUT2D eigenvalue weighted by atomic mass is 16.6. The quantitative estimate of drug-likeness (QED) is 0.723. The van der Waals surface area contributed by atoms with Crippen molar-refractivity contribution in [3.8, 4) is 11.5 Å². The smallest absolute Gasteiger partial charge is 0.161 e. The number of ether oxygens (including phenoxy) is 2. The Balaban J connectivity index is 2.27. The first-order valence-corrected chi connectivity index (χ1v) is 6.04. The van der Waals surface area contributed by atoms with Crippen LogP contribution in [0.1, 0.15) is 17.2 Å². The van der Waals surface area contributed by atoms with Crippen molar-refractivity contribution in [2.24, 2.45) is 0 Å². The van der Waals surface area contributed by atoms with Gasteiger partial charge >= 0.3 is 0 Å². The van der Waals surface area contributed by atoms with E-state index >= 15 is 0 Å². The molecule has 0 radical (unpaired) electrons. The average molecular weight is 253 g/mol. The molecule has 1 aromatic carbocycles. The number of fused-ring (bicyclic) bond motifs is 1. The van der Waals surface area contributed by atoms with Crippen LogP contribution in [0.4, 0.5) is 0 Å². The van der Waals surface area contributed by atoms with Crippen LogP contribution in [0.15, 0.2) is 12.1 Å². The van der Waals surface area contributed by atoms with Gasteiger partial charge in [-0.1, -0.05) is 0 Å². The maximum atomic E-state index is 10.1. The van der Waals surface area contributed by atoms with Gasteiger partial charge in [0.05, 0.1) is 6.10 Å². The van der Waals surface area contributed by atoms with Crippen molar-refractivity contribution in [2.75, 3.05) is 26.8 Å². The SMILES string of the molecule is CNCC(O)C(O)c1cc2c(cc1C)OCCO2. The van der Waals surface area contributed by atoms with Crippen LogP contribution < -0.4 is 14.8 Å². The Morgan fingerprint density at radius 2 is 1.83 bits per heavy atom. The molecule has 0 amide bonds. The second-order valence-corrected chi connectivity index (χ2v) is 4.42. The highest BCUT2D eigenvalue weighted by Crippen LogP contribution is 2.35. The third-order valence-electron chi connectivity index (χ3n) is 3.03. The van der Waals surface area contributed by atoms with E-state index < -0.39 is 12.2 Å². The Labute approximate surface area is 106 Å². The molecule has 2 atom stereocenters. The van der Waals surface area contributed by atoms with Gasteiger partial charge in [-0.15, -0.1) is 0 Å². The second kappa shape index (κ2) is 5.56. The maximum Gasteiger partial charge on any atom is 0.161 e. The highest BCUT2D eigenvalue weighted by molar-refractivity contribution is 5.48. The molecule has 1 aliphatic rings. The fraction of sp³-hybridized carbons (Fsp3) is 0.538. The molecule has 5 nitrogen and oxygen atoms in total. The summed E-state index contributed by atoms with van der Waals surface area (Å²) in [5, 5.41) is 22.8. The van der Waals surface area contributed by atoms with E-state index in [0.717, 1.165) is 5.56 Å². The number of likely N-dealkylation sites (N-methyl/N-ethyl adjacent to an activating group) is 1. The lowest BCUT2D eigenvalue weighted by molar-refractivity contribution is 0.0195. The van der Waals surface area contributed by atoms with Crippen LogP contribution in [-0.2, 0) is 0 Å². The lowest BCUT2D eigenvalue weighted by atomic mass is 9.98. The molecule has 0 fully saturated rings. The first-order valence-electron chi connectivity index (χ1n) is 6.04. The molecule has 2 unspecified atom stereocenters. The molecule has 0 spiro atoms. The van der Waals surface area contributed by atoms with E-state index in [1.54, 1.807) is 13.1 Å². The van der Waals surface area contributed by atoms with E-state index in [-0.39, 0.29) is 0 Å². The molecule has 3 N–H and O–H groups in total. The Hall–Kier alpha value is -1.30. The number of nitrogens with one attached hydrogen (secondary N) is 1. The zero-order valence-corrected chi connectivity index (χ0v) is 10.6. The summed E-state index contributed by atoms with van der Waals surface area (Å²) < 4.78 is 10.9. The molecule has 18 heavy (non-hydrogen) atoms. The third kappa shape index (κ3) is 2.58. The summed E-state index contributed by atoms with van der Waals surface area (Å²) in [4.78, 5) is 0. The van der Waals surface area contributed by atoms with Gasteiger partial charge < -0.3 is 25.0 Å². The van der Waals surface area contributed by atoms with Crippen LogP contribution in [0.3, 0.4) is 0 Å². The molecular weight excluding hydrogens is 234 g/mol. The molecule has 0 bridgehead atoms. The molecule has 1 aromatic rings. The van der Waals surface area contributed by atoms with Gasteiger partial charge in [-0.2, -0.15) is 0 Å². The molecular formula is C13H19NO4. The van der Waals surface area contributed by atoms with Gasteiger partial charge in [0.1, 0.15) is 19.3 Å². The zero-order valence-electron chi connectivity index (χ0n) is 10.6. The Bertz CT molecular complexity index is 422. The van der Waals surface area contributed by atoms with Gasteiger partial charge in [-0.05, 0) is 37.2 Å². The lowest BCUT2D eigenvalue weighted by Crippen LogP contribution is -2.30. The van der Waals surface area contributed by atoms with Crippen LogP contribution >= 0.6 is 0 Å². The normalized spacial score (nSPS) is 17.3. The standard InChI is InChI=1S/C13H19NO4/c1-8-5-11-12(18-4-3-17-11)6-9(8)13(16)10(15)7-14-2/h5-6,10,13-16H,3-4,7H2,1-2H3. The van der Waals surface area contributed by atoms with Crippen LogP contribution in [0.25, 0.3) is 0 Å². The van der Waals surface area contributed by atoms with Crippen LogP contribution in [0.2, 0.25) is 0 Å². The predicted octanol–water partition coefficient (Wildman–Crippen LogP) is 0.380. The summed E-state index contributed by atoms with van der Waals surface area (Å²) >= 11 is 0. The number of aryl methyl sites for hydroxylation is 1. The number of hydrogen-bond donors (Lipinski definition) is 3. The van der Waals surface area contributed by atoms with E-state index in [4.69, 9.17) is 9.47 Å². The minimum Gasteiger partial charge on any atom is -0.486 e. The first-order chi connectivity index (χ1) is 8.63. The molecule has 0 saturated heterocycles. The molecule has 5 heteroatoms. The molecule has 1 heterocycles. The fourth-order valence-electron chi connectivity index (χ4n) is 2.05. The molecule has 100 valence electrons. The van der Waals surface area contributed by atoms with E-state index in [2.05, 4.69) is 5.32 Å². The number of benzene rings is 1. The third-order valence-corrected chi connectivity index (χ3v) is 3.03. The van der Waals surface area contributed by atoms with Gasteiger partial charge in [-0.25, -0.2) is 0 Å². The van der Waals surface area contributed by atoms with Crippen molar-refractivity contribution in [1.82, 2.24) is 5.32 Å². The Morgan fingerprint density at radius 3 is 2.44 bits per heavy atom. The minimum atomic E-state index is -0.937. The number of aliphatic hydroxyl groups excluding tert-OH is 2. The largest absolute Gasteiger partial charge is 0.486 e. The maximum absolute atomic E-state index is 10.1. The molecule has 2 rings (SSSR count). The topological polar surface area (TPSA) is 71.0 Å². The monoisotopic (exact) mass is 253 g/mol. The minimum absolute atomic E-state index is 0.328. The van der Waals surface area contributed by atoms with Gasteiger partial charge in [0, 0.05) is 6.54 Å². The van der Waals surface area contributed by atoms with E-state index in [1.165, 1.54) is 0 Å². The van der Waals surface area contributed by atoms with E-state index in [0.29, 0.717) is 36.8 Å². The van der Waals surface area contributed by atoms with Crippen molar-refractivity contribution in [3.63, 3.8) is 0 Å². The van der Waals surface area contributed by atoms with Crippen molar-refractivity contribution in [3.05, 3.63) is 23.3 Å². The molecule has 0 aromatic heterocycles. The fourth-order valence-corrected chi connectivity index (χ4v) is 2.05. The van der Waals surface area contributed by atoms with Gasteiger partial charge in [-0.3, -0.25) is 0 Å². The van der Waals surface area contributed by atoms with Crippen molar-refractivity contribution < 1.29 is 19.7 Å². The molecule has 0 saturated carbocycles. The predicted molar refractivity (Wildman–Crippen MR) is 67.1 cm³/mol. The first kappa shape index (κ1) is 13.1. The van der Waals surface area contributed by atoms with Crippen LogP contribution in [0, 0.1) is 6.92 Å². The summed E-state index contributed by atoms with van der Waals surface area (Å²) in [5.41, 5.74) is 1.55. The average Bonchev–Trinajstić information content (AvgIpc) is 2.37. The summed E-state index contributed by atoms with van der Waals surface area (Å²) in [5.74, 6) is 1.32. The van der Waals surface area contributed by atoms with Gasteiger partial charge in [0.2, 0.25) is 0 Å². The van der Waals surface area contributed by atoms with Crippen LogP contribution in [0.5, 0.6) is 11.5 Å². The number of aliphatic hydroxyl groups is 2. The van der Waals surface area contributed by atoms with E-state index in [9.17, 15) is 10.2 Å². The van der Waals surface area contributed by atoms with Crippen molar-refractivity contribution in [2.45, 2.75) is 19.1 Å². The number of rotatable bonds is 4. The highest BCUT2D eigenvalue weighted by Gasteiger charge is 2.23. The van der Waals surface area contributed by atoms with Gasteiger partial charge in [0.25, 0.3) is 0 Å². The van der Waals surface area contributed by atoms with Crippen molar-refractivity contribution in [1.29, 1.82) is 0 Å². The second-order valence-electron chi connectivity index (χ2n) is 4.42.